The molecule has 1 heterocycles. The number of halogens is 2. The van der Waals surface area contributed by atoms with E-state index in [1.165, 1.54) is 42.1 Å². The average Bonchev–Trinajstić information content (AvgIpc) is 2.97. The second kappa shape index (κ2) is 8.73. The normalized spacial score (nSPS) is 19.1. The minimum atomic E-state index is -0.414. The first-order valence-electron chi connectivity index (χ1n) is 9.17. The van der Waals surface area contributed by atoms with E-state index in [1.807, 2.05) is 13.8 Å². The van der Waals surface area contributed by atoms with Crippen LogP contribution in [-0.4, -0.2) is 46.5 Å². The Morgan fingerprint density at radius 2 is 1.82 bits per heavy atom. The lowest BCUT2D eigenvalue weighted by atomic mass is 10.1. The zero-order valence-electron chi connectivity index (χ0n) is 15.8. The predicted molar refractivity (Wildman–Crippen MR) is 106 cm³/mol. The molecule has 0 unspecified atom stereocenters. The molecule has 0 aliphatic carbocycles. The van der Waals surface area contributed by atoms with Crippen molar-refractivity contribution in [3.8, 4) is 0 Å². The Labute approximate surface area is 167 Å². The molecule has 148 valence electrons. The lowest BCUT2D eigenvalue weighted by Crippen LogP contribution is -2.40. The van der Waals surface area contributed by atoms with Crippen LogP contribution in [0.5, 0.6) is 0 Å². The second-order valence-corrected chi connectivity index (χ2v) is 8.00. The van der Waals surface area contributed by atoms with Gasteiger partial charge in [-0.2, -0.15) is 0 Å². The number of thioether (sulfide) groups is 1. The second-order valence-electron chi connectivity index (χ2n) is 6.58. The van der Waals surface area contributed by atoms with Crippen LogP contribution in [0.1, 0.15) is 35.1 Å². The molecule has 0 aromatic heterocycles. The van der Waals surface area contributed by atoms with Gasteiger partial charge in [0.1, 0.15) is 17.0 Å². The van der Waals surface area contributed by atoms with Gasteiger partial charge in [-0.1, -0.05) is 18.2 Å². The van der Waals surface area contributed by atoms with Crippen molar-refractivity contribution in [3.63, 3.8) is 0 Å². The van der Waals surface area contributed by atoms with Gasteiger partial charge < -0.3 is 9.80 Å². The highest BCUT2D eigenvalue weighted by molar-refractivity contribution is 8.01. The molecule has 2 atom stereocenters. The first kappa shape index (κ1) is 20.3. The van der Waals surface area contributed by atoms with Gasteiger partial charge in [-0.05, 0) is 44.2 Å². The van der Waals surface area contributed by atoms with Gasteiger partial charge in [-0.15, -0.1) is 11.8 Å². The smallest absolute Gasteiger partial charge is 0.253 e. The Morgan fingerprint density at radius 3 is 2.46 bits per heavy atom. The molecule has 1 fully saturated rings. The summed E-state index contributed by atoms with van der Waals surface area (Å²) in [4.78, 5) is 28.5. The number of benzene rings is 2. The van der Waals surface area contributed by atoms with Crippen LogP contribution in [0.2, 0.25) is 0 Å². The average molecular weight is 404 g/mol. The Hall–Kier alpha value is -2.41. The van der Waals surface area contributed by atoms with E-state index in [0.717, 1.165) is 0 Å². The summed E-state index contributed by atoms with van der Waals surface area (Å²) in [7, 11) is 0. The number of hydrogen-bond donors (Lipinski definition) is 0. The van der Waals surface area contributed by atoms with Gasteiger partial charge in [-0.25, -0.2) is 8.78 Å². The summed E-state index contributed by atoms with van der Waals surface area (Å²) in [5, 5.41) is -0.684. The molecule has 0 N–H and O–H groups in total. The van der Waals surface area contributed by atoms with Crippen LogP contribution in [0, 0.1) is 11.6 Å². The van der Waals surface area contributed by atoms with E-state index in [0.29, 0.717) is 30.8 Å². The van der Waals surface area contributed by atoms with E-state index < -0.39 is 11.2 Å². The van der Waals surface area contributed by atoms with Crippen LogP contribution >= 0.6 is 11.8 Å². The zero-order valence-corrected chi connectivity index (χ0v) is 16.6. The first-order chi connectivity index (χ1) is 13.4. The Bertz CT molecular complexity index is 860. The monoisotopic (exact) mass is 404 g/mol. The van der Waals surface area contributed by atoms with E-state index in [9.17, 15) is 18.4 Å². The van der Waals surface area contributed by atoms with Gasteiger partial charge >= 0.3 is 0 Å². The van der Waals surface area contributed by atoms with Crippen molar-refractivity contribution in [1.29, 1.82) is 0 Å². The molecule has 1 aliphatic heterocycles. The Morgan fingerprint density at radius 1 is 1.14 bits per heavy atom. The number of carbonyl (C=O) groups is 2. The summed E-state index contributed by atoms with van der Waals surface area (Å²) < 4.78 is 27.4. The summed E-state index contributed by atoms with van der Waals surface area (Å²) in [6, 6.07) is 11.8. The summed E-state index contributed by atoms with van der Waals surface area (Å²) >= 11 is 1.41. The highest BCUT2D eigenvalue weighted by Gasteiger charge is 2.39. The van der Waals surface area contributed by atoms with Gasteiger partial charge in [0, 0.05) is 30.8 Å². The number of rotatable bonds is 6. The fraction of sp³-hybridized carbons (Fsp3) is 0.333. The molecular weight excluding hydrogens is 382 g/mol. The van der Waals surface area contributed by atoms with Crippen LogP contribution in [0.4, 0.5) is 8.78 Å². The van der Waals surface area contributed by atoms with Crippen LogP contribution in [0.15, 0.2) is 48.5 Å². The van der Waals surface area contributed by atoms with E-state index in [4.69, 9.17) is 0 Å². The molecule has 0 radical (unpaired) electrons. The van der Waals surface area contributed by atoms with E-state index in [-0.39, 0.29) is 22.9 Å². The van der Waals surface area contributed by atoms with Crippen LogP contribution in [-0.2, 0) is 4.79 Å². The Kier molecular flexibility index (Phi) is 6.34. The van der Waals surface area contributed by atoms with Crippen molar-refractivity contribution in [1.82, 2.24) is 9.80 Å². The van der Waals surface area contributed by atoms with Gasteiger partial charge in [0.25, 0.3) is 5.91 Å². The molecule has 0 bridgehead atoms. The van der Waals surface area contributed by atoms with E-state index in [2.05, 4.69) is 0 Å². The molecule has 4 nitrogen and oxygen atoms in total. The summed E-state index contributed by atoms with van der Waals surface area (Å²) in [5.41, 5.74) is 0.863. The van der Waals surface area contributed by atoms with Crippen molar-refractivity contribution in [3.05, 3.63) is 71.3 Å². The van der Waals surface area contributed by atoms with E-state index in [1.54, 1.807) is 28.0 Å². The number of amides is 2. The quantitative estimate of drug-likeness (QED) is 0.728. The maximum Gasteiger partial charge on any atom is 0.253 e. The lowest BCUT2D eigenvalue weighted by Gasteiger charge is -2.28. The molecule has 28 heavy (non-hydrogen) atoms. The third-order valence-electron chi connectivity index (χ3n) is 4.79. The summed E-state index contributed by atoms with van der Waals surface area (Å²) in [6.45, 7) is 4.72. The number of likely N-dealkylation sites (N-methyl/N-ethyl adjacent to an activating group) is 1. The standard InChI is InChI=1S/C21H22F2N2O2S/c1-3-24(20(27)15-8-10-16(22)11-9-15)12-13-25-19(26)14(2)28-21(25)17-6-4-5-7-18(17)23/h4-11,14,21H,3,12-13H2,1-2H3/t14-,21+/m1/s1. The SMILES string of the molecule is CCN(CCN1C(=O)[C@@H](C)S[C@H]1c1ccccc1F)C(=O)c1ccc(F)cc1. The molecule has 7 heteroatoms. The fourth-order valence-electron chi connectivity index (χ4n) is 3.22. The summed E-state index contributed by atoms with van der Waals surface area (Å²) in [5.74, 6) is -1.04. The molecule has 1 aliphatic rings. The van der Waals surface area contributed by atoms with Crippen LogP contribution in [0.25, 0.3) is 0 Å². The number of hydrogen-bond acceptors (Lipinski definition) is 3. The number of nitrogens with zero attached hydrogens (tertiary/aromatic N) is 2. The van der Waals surface area contributed by atoms with Gasteiger partial charge in [0.05, 0.1) is 5.25 Å². The molecule has 2 aromatic rings. The molecule has 3 rings (SSSR count). The zero-order chi connectivity index (χ0) is 20.3. The van der Waals surface area contributed by atoms with Crippen molar-refractivity contribution >= 4 is 23.6 Å². The Balaban J connectivity index is 1.74. The molecule has 0 saturated carbocycles. The minimum Gasteiger partial charge on any atom is -0.337 e. The maximum atomic E-state index is 14.3. The van der Waals surface area contributed by atoms with Crippen molar-refractivity contribution in [2.24, 2.45) is 0 Å². The molecule has 2 aromatic carbocycles. The summed E-state index contributed by atoms with van der Waals surface area (Å²) in [6.07, 6.45) is 0. The van der Waals surface area contributed by atoms with E-state index >= 15 is 0 Å². The van der Waals surface area contributed by atoms with Gasteiger partial charge in [0.2, 0.25) is 5.91 Å². The van der Waals surface area contributed by atoms with Crippen LogP contribution < -0.4 is 0 Å². The highest BCUT2D eigenvalue weighted by Crippen LogP contribution is 2.43. The van der Waals surface area contributed by atoms with Crippen molar-refractivity contribution < 1.29 is 18.4 Å². The lowest BCUT2D eigenvalue weighted by molar-refractivity contribution is -0.130. The van der Waals surface area contributed by atoms with Gasteiger partial charge in [0.15, 0.2) is 0 Å². The van der Waals surface area contributed by atoms with Gasteiger partial charge in [-0.3, -0.25) is 9.59 Å². The predicted octanol–water partition coefficient (Wildman–Crippen LogP) is 4.09. The third-order valence-corrected chi connectivity index (χ3v) is 6.17. The largest absolute Gasteiger partial charge is 0.337 e. The molecular formula is C21H22F2N2O2S. The topological polar surface area (TPSA) is 40.6 Å². The molecule has 2 amide bonds. The third kappa shape index (κ3) is 4.19. The molecule has 1 saturated heterocycles. The van der Waals surface area contributed by atoms with Crippen LogP contribution in [0.3, 0.4) is 0 Å². The molecule has 0 spiro atoms. The van der Waals surface area contributed by atoms with Crippen molar-refractivity contribution in [2.45, 2.75) is 24.5 Å². The fourth-order valence-corrected chi connectivity index (χ4v) is 4.56. The van der Waals surface area contributed by atoms with Crippen molar-refractivity contribution in [2.75, 3.05) is 19.6 Å². The highest BCUT2D eigenvalue weighted by atomic mass is 32.2. The first-order valence-corrected chi connectivity index (χ1v) is 10.1. The number of carbonyl (C=O) groups excluding carboxylic acids is 2. The maximum absolute atomic E-state index is 14.3. The minimum absolute atomic E-state index is 0.0662.